The maximum atomic E-state index is 6.15. The van der Waals surface area contributed by atoms with Crippen LogP contribution in [0.4, 0.5) is 0 Å². The highest BCUT2D eigenvalue weighted by Gasteiger charge is 2.13. The number of imidazole rings is 1. The molecule has 5 heteroatoms. The van der Waals surface area contributed by atoms with Gasteiger partial charge in [0.05, 0.1) is 24.8 Å². The van der Waals surface area contributed by atoms with Crippen LogP contribution in [0, 0.1) is 0 Å². The third-order valence-corrected chi connectivity index (χ3v) is 5.43. The van der Waals surface area contributed by atoms with E-state index >= 15 is 0 Å². The minimum Gasteiger partial charge on any atom is -0.494 e. The van der Waals surface area contributed by atoms with E-state index in [0.717, 1.165) is 47.6 Å². The van der Waals surface area contributed by atoms with Crippen molar-refractivity contribution >= 4 is 17.1 Å². The lowest BCUT2D eigenvalue weighted by atomic mass is 10.2. The van der Waals surface area contributed by atoms with Crippen molar-refractivity contribution in [2.75, 3.05) is 13.7 Å². The van der Waals surface area contributed by atoms with Crippen LogP contribution < -0.4 is 14.2 Å². The molecular weight excluding hydrogens is 412 g/mol. The van der Waals surface area contributed by atoms with Gasteiger partial charge in [0, 0.05) is 6.54 Å². The second-order valence-electron chi connectivity index (χ2n) is 7.74. The summed E-state index contributed by atoms with van der Waals surface area (Å²) in [6.45, 7) is 3.91. The summed E-state index contributed by atoms with van der Waals surface area (Å²) in [6.07, 6.45) is 5.99. The molecule has 0 saturated heterocycles. The summed E-state index contributed by atoms with van der Waals surface area (Å²) in [4.78, 5) is 4.83. The predicted octanol–water partition coefficient (Wildman–Crippen LogP) is 6.52. The van der Waals surface area contributed by atoms with E-state index in [1.54, 1.807) is 7.11 Å². The molecule has 33 heavy (non-hydrogen) atoms. The van der Waals surface area contributed by atoms with Gasteiger partial charge < -0.3 is 18.8 Å². The number of hydrogen-bond acceptors (Lipinski definition) is 4. The molecule has 5 nitrogen and oxygen atoms in total. The standard InChI is InChI=1S/C28H30N2O3/c1-3-11-22-16-17-26(27(20-22)31-2)33-21-28-29-24-14-7-8-15-25(24)30(28)18-9-10-19-32-23-12-5-4-6-13-23/h3-8,11-17,20H,9-10,18-19,21H2,1-2H3/b11-3-. The number of hydrogen-bond donors (Lipinski definition) is 0. The number of para-hydroxylation sites is 3. The van der Waals surface area contributed by atoms with Crippen molar-refractivity contribution in [3.63, 3.8) is 0 Å². The van der Waals surface area contributed by atoms with Crippen molar-refractivity contribution in [1.82, 2.24) is 9.55 Å². The van der Waals surface area contributed by atoms with Crippen LogP contribution in [-0.4, -0.2) is 23.3 Å². The molecule has 0 aliphatic heterocycles. The van der Waals surface area contributed by atoms with Gasteiger partial charge in [-0.25, -0.2) is 4.98 Å². The molecule has 1 aromatic heterocycles. The molecule has 0 saturated carbocycles. The fourth-order valence-corrected chi connectivity index (χ4v) is 3.81. The Kier molecular flexibility index (Phi) is 7.64. The number of allylic oxidation sites excluding steroid dienone is 1. The summed E-state index contributed by atoms with van der Waals surface area (Å²) in [5.41, 5.74) is 3.18. The van der Waals surface area contributed by atoms with E-state index in [2.05, 4.69) is 10.6 Å². The van der Waals surface area contributed by atoms with Crippen molar-refractivity contribution in [2.24, 2.45) is 0 Å². The Morgan fingerprint density at radius 1 is 0.879 bits per heavy atom. The highest BCUT2D eigenvalue weighted by Crippen LogP contribution is 2.29. The third-order valence-electron chi connectivity index (χ3n) is 5.43. The maximum absolute atomic E-state index is 6.15. The Morgan fingerprint density at radius 2 is 1.70 bits per heavy atom. The van der Waals surface area contributed by atoms with Crippen LogP contribution >= 0.6 is 0 Å². The Labute approximate surface area is 195 Å². The number of unbranched alkanes of at least 4 members (excludes halogenated alkanes) is 1. The molecule has 170 valence electrons. The third kappa shape index (κ3) is 5.75. The summed E-state index contributed by atoms with van der Waals surface area (Å²) in [7, 11) is 1.66. The number of benzene rings is 3. The zero-order valence-corrected chi connectivity index (χ0v) is 19.2. The summed E-state index contributed by atoms with van der Waals surface area (Å²) in [5, 5.41) is 0. The first-order valence-corrected chi connectivity index (χ1v) is 11.3. The monoisotopic (exact) mass is 442 g/mol. The molecule has 4 rings (SSSR count). The first kappa shape index (κ1) is 22.5. The van der Waals surface area contributed by atoms with Crippen molar-refractivity contribution in [3.05, 3.63) is 90.3 Å². The smallest absolute Gasteiger partial charge is 0.161 e. The highest BCUT2D eigenvalue weighted by molar-refractivity contribution is 5.75. The first-order valence-electron chi connectivity index (χ1n) is 11.3. The van der Waals surface area contributed by atoms with Crippen molar-refractivity contribution < 1.29 is 14.2 Å². The van der Waals surface area contributed by atoms with E-state index in [-0.39, 0.29) is 0 Å². The lowest BCUT2D eigenvalue weighted by Crippen LogP contribution is -2.09. The number of ether oxygens (including phenoxy) is 3. The van der Waals surface area contributed by atoms with Crippen LogP contribution in [0.3, 0.4) is 0 Å². The van der Waals surface area contributed by atoms with Crippen LogP contribution in [0.25, 0.3) is 17.1 Å². The van der Waals surface area contributed by atoms with Crippen molar-refractivity contribution in [3.8, 4) is 17.2 Å². The molecule has 0 N–H and O–H groups in total. The zero-order valence-electron chi connectivity index (χ0n) is 19.2. The van der Waals surface area contributed by atoms with Gasteiger partial charge >= 0.3 is 0 Å². The molecule has 1 heterocycles. The zero-order chi connectivity index (χ0) is 22.9. The average molecular weight is 443 g/mol. The Morgan fingerprint density at radius 3 is 2.52 bits per heavy atom. The molecule has 0 fully saturated rings. The van der Waals surface area contributed by atoms with Gasteiger partial charge in [0.25, 0.3) is 0 Å². The molecule has 0 aliphatic carbocycles. The molecule has 0 bridgehead atoms. The van der Waals surface area contributed by atoms with E-state index in [1.165, 1.54) is 0 Å². The van der Waals surface area contributed by atoms with Gasteiger partial charge in [0.1, 0.15) is 18.2 Å². The van der Waals surface area contributed by atoms with Crippen LogP contribution in [0.1, 0.15) is 31.2 Å². The lowest BCUT2D eigenvalue weighted by Gasteiger charge is -2.13. The molecule has 0 spiro atoms. The Hall–Kier alpha value is -3.73. The molecular formula is C28H30N2O3. The minimum atomic E-state index is 0.370. The van der Waals surface area contributed by atoms with Gasteiger partial charge in [-0.1, -0.05) is 48.6 Å². The summed E-state index contributed by atoms with van der Waals surface area (Å²) < 4.78 is 19.8. The quantitative estimate of drug-likeness (QED) is 0.248. The topological polar surface area (TPSA) is 45.5 Å². The van der Waals surface area contributed by atoms with Crippen LogP contribution in [0.15, 0.2) is 78.9 Å². The maximum Gasteiger partial charge on any atom is 0.161 e. The van der Waals surface area contributed by atoms with Gasteiger partial charge in [-0.05, 0) is 61.7 Å². The summed E-state index contributed by atoms with van der Waals surface area (Å²) in [6, 6.07) is 24.1. The minimum absolute atomic E-state index is 0.370. The SMILES string of the molecule is C/C=C\c1ccc(OCc2nc3ccccc3n2CCCCOc2ccccc2)c(OC)c1. The fourth-order valence-electron chi connectivity index (χ4n) is 3.81. The van der Waals surface area contributed by atoms with E-state index in [0.29, 0.717) is 24.7 Å². The second-order valence-corrected chi connectivity index (χ2v) is 7.74. The second kappa shape index (κ2) is 11.2. The lowest BCUT2D eigenvalue weighted by molar-refractivity contribution is 0.270. The van der Waals surface area contributed by atoms with Gasteiger partial charge in [-0.3, -0.25) is 0 Å². The van der Waals surface area contributed by atoms with Crippen LogP contribution in [-0.2, 0) is 13.2 Å². The largest absolute Gasteiger partial charge is 0.494 e. The molecule has 0 radical (unpaired) electrons. The normalized spacial score (nSPS) is 11.2. The number of fused-ring (bicyclic) bond motifs is 1. The Bertz CT molecular complexity index is 1200. The van der Waals surface area contributed by atoms with E-state index in [1.807, 2.05) is 85.8 Å². The number of aryl methyl sites for hydroxylation is 1. The molecule has 0 atom stereocenters. The molecule has 0 amide bonds. The fraction of sp³-hybridized carbons (Fsp3) is 0.250. The number of aromatic nitrogens is 2. The number of nitrogens with zero attached hydrogens (tertiary/aromatic N) is 2. The summed E-state index contributed by atoms with van der Waals surface area (Å²) >= 11 is 0. The van der Waals surface area contributed by atoms with Gasteiger partial charge in [0.2, 0.25) is 0 Å². The molecule has 0 aliphatic rings. The summed E-state index contributed by atoms with van der Waals surface area (Å²) in [5.74, 6) is 3.24. The molecule has 4 aromatic rings. The predicted molar refractivity (Wildman–Crippen MR) is 133 cm³/mol. The molecule has 3 aromatic carbocycles. The van der Waals surface area contributed by atoms with E-state index in [4.69, 9.17) is 19.2 Å². The van der Waals surface area contributed by atoms with Crippen molar-refractivity contribution in [1.29, 1.82) is 0 Å². The van der Waals surface area contributed by atoms with E-state index < -0.39 is 0 Å². The number of rotatable bonds is 11. The first-order chi connectivity index (χ1) is 16.3. The highest BCUT2D eigenvalue weighted by atomic mass is 16.5. The van der Waals surface area contributed by atoms with Crippen LogP contribution in [0.2, 0.25) is 0 Å². The average Bonchev–Trinajstić information content (AvgIpc) is 3.21. The van der Waals surface area contributed by atoms with Gasteiger partial charge in [0.15, 0.2) is 11.5 Å². The molecule has 0 unspecified atom stereocenters. The van der Waals surface area contributed by atoms with Gasteiger partial charge in [-0.15, -0.1) is 0 Å². The van der Waals surface area contributed by atoms with Crippen LogP contribution in [0.5, 0.6) is 17.2 Å². The number of methoxy groups -OCH3 is 1. The van der Waals surface area contributed by atoms with E-state index in [9.17, 15) is 0 Å². The van der Waals surface area contributed by atoms with Crippen molar-refractivity contribution in [2.45, 2.75) is 32.9 Å². The Balaban J connectivity index is 1.43. The van der Waals surface area contributed by atoms with Gasteiger partial charge in [-0.2, -0.15) is 0 Å².